The number of carbonyl (C=O) groups is 1. The van der Waals surface area contributed by atoms with Crippen LogP contribution in [0.25, 0.3) is 0 Å². The molecule has 1 saturated heterocycles. The first-order valence-electron chi connectivity index (χ1n) is 7.66. The molecule has 1 fully saturated rings. The molecule has 1 N–H and O–H groups in total. The van der Waals surface area contributed by atoms with Crippen molar-refractivity contribution in [3.8, 4) is 5.75 Å². The van der Waals surface area contributed by atoms with Crippen LogP contribution in [0, 0.1) is 0 Å². The first kappa shape index (κ1) is 17.6. The Morgan fingerprint density at radius 1 is 1.20 bits per heavy atom. The lowest BCUT2D eigenvalue weighted by Crippen LogP contribution is -2.25. The number of halogens is 1. The molecule has 1 aliphatic heterocycles. The topological polar surface area (TPSA) is 75.7 Å². The predicted molar refractivity (Wildman–Crippen MR) is 98.1 cm³/mol. The van der Waals surface area contributed by atoms with E-state index in [-0.39, 0.29) is 11.7 Å². The summed E-state index contributed by atoms with van der Waals surface area (Å²) in [5.41, 5.74) is 1.34. The molecule has 6 nitrogen and oxygen atoms in total. The Balaban J connectivity index is 1.90. The van der Waals surface area contributed by atoms with Gasteiger partial charge in [-0.15, -0.1) is 0 Å². The fourth-order valence-electron chi connectivity index (χ4n) is 2.67. The predicted octanol–water partition coefficient (Wildman–Crippen LogP) is 3.14. The van der Waals surface area contributed by atoms with E-state index in [4.69, 9.17) is 16.3 Å². The van der Waals surface area contributed by atoms with Crippen molar-refractivity contribution in [2.45, 2.75) is 6.42 Å². The summed E-state index contributed by atoms with van der Waals surface area (Å²) in [4.78, 5) is 12.4. The maximum Gasteiger partial charge on any atom is 0.255 e. The summed E-state index contributed by atoms with van der Waals surface area (Å²) < 4.78 is 30.8. The monoisotopic (exact) mass is 380 g/mol. The van der Waals surface area contributed by atoms with E-state index in [0.717, 1.165) is 0 Å². The Morgan fingerprint density at radius 2 is 1.92 bits per heavy atom. The first-order valence-corrected chi connectivity index (χ1v) is 9.65. The van der Waals surface area contributed by atoms with Crippen LogP contribution in [0.15, 0.2) is 42.5 Å². The van der Waals surface area contributed by atoms with Crippen LogP contribution in [0.1, 0.15) is 16.8 Å². The third-order valence-corrected chi connectivity index (χ3v) is 6.05. The van der Waals surface area contributed by atoms with Gasteiger partial charge in [0.25, 0.3) is 5.91 Å². The molecule has 0 aromatic heterocycles. The highest BCUT2D eigenvalue weighted by Gasteiger charge is 2.29. The average molecular weight is 381 g/mol. The van der Waals surface area contributed by atoms with E-state index in [1.165, 1.54) is 11.4 Å². The molecule has 0 saturated carbocycles. The maximum atomic E-state index is 12.4. The van der Waals surface area contributed by atoms with Crippen molar-refractivity contribution in [1.82, 2.24) is 0 Å². The van der Waals surface area contributed by atoms with Gasteiger partial charge in [0, 0.05) is 17.1 Å². The number of rotatable bonds is 4. The van der Waals surface area contributed by atoms with E-state index in [1.54, 1.807) is 42.5 Å². The van der Waals surface area contributed by atoms with Crippen molar-refractivity contribution in [1.29, 1.82) is 0 Å². The molecule has 132 valence electrons. The zero-order valence-corrected chi connectivity index (χ0v) is 15.1. The Kier molecular flexibility index (Phi) is 4.87. The van der Waals surface area contributed by atoms with Crippen LogP contribution < -0.4 is 14.4 Å². The summed E-state index contributed by atoms with van der Waals surface area (Å²) in [6, 6.07) is 11.4. The summed E-state index contributed by atoms with van der Waals surface area (Å²) in [6.45, 7) is 0.430. The summed E-state index contributed by atoms with van der Waals surface area (Å²) >= 11 is 5.83. The Hall–Kier alpha value is -2.25. The lowest BCUT2D eigenvalue weighted by atomic mass is 10.2. The molecule has 1 heterocycles. The Morgan fingerprint density at radius 3 is 2.52 bits per heavy atom. The number of nitrogens with one attached hydrogen (secondary N) is 1. The highest BCUT2D eigenvalue weighted by molar-refractivity contribution is 7.93. The molecule has 0 atom stereocenters. The highest BCUT2D eigenvalue weighted by Crippen LogP contribution is 2.33. The van der Waals surface area contributed by atoms with Crippen LogP contribution in [0.4, 0.5) is 11.4 Å². The number of amides is 1. The maximum absolute atomic E-state index is 12.4. The van der Waals surface area contributed by atoms with Gasteiger partial charge in [-0.2, -0.15) is 0 Å². The lowest BCUT2D eigenvalue weighted by molar-refractivity contribution is 0.102. The Labute approximate surface area is 151 Å². The second-order valence-corrected chi connectivity index (χ2v) is 8.04. The number of methoxy groups -OCH3 is 1. The number of anilines is 2. The van der Waals surface area contributed by atoms with Gasteiger partial charge >= 0.3 is 0 Å². The van der Waals surface area contributed by atoms with Gasteiger partial charge in [-0.05, 0) is 48.9 Å². The molecule has 25 heavy (non-hydrogen) atoms. The van der Waals surface area contributed by atoms with Gasteiger partial charge in [0.05, 0.1) is 24.2 Å². The summed E-state index contributed by atoms with van der Waals surface area (Å²) in [5, 5.41) is 3.30. The molecular weight excluding hydrogens is 364 g/mol. The molecule has 2 aromatic rings. The quantitative estimate of drug-likeness (QED) is 0.884. The number of carbonyl (C=O) groups excluding carboxylic acids is 1. The largest absolute Gasteiger partial charge is 0.495 e. The number of hydrogen-bond donors (Lipinski definition) is 1. The van der Waals surface area contributed by atoms with Gasteiger partial charge in [0.15, 0.2) is 0 Å². The molecule has 1 amide bonds. The van der Waals surface area contributed by atoms with E-state index in [1.807, 2.05) is 0 Å². The molecule has 0 spiro atoms. The fraction of sp³-hybridized carbons (Fsp3) is 0.235. The minimum atomic E-state index is -3.30. The van der Waals surface area contributed by atoms with Gasteiger partial charge in [0.1, 0.15) is 5.75 Å². The van der Waals surface area contributed by atoms with Crippen LogP contribution in [0.2, 0.25) is 5.02 Å². The number of ether oxygens (including phenoxy) is 1. The van der Waals surface area contributed by atoms with E-state index < -0.39 is 10.0 Å². The van der Waals surface area contributed by atoms with Gasteiger partial charge in [-0.25, -0.2) is 8.42 Å². The van der Waals surface area contributed by atoms with Crippen LogP contribution in [-0.4, -0.2) is 33.7 Å². The molecule has 3 rings (SSSR count). The minimum Gasteiger partial charge on any atom is -0.495 e. The van der Waals surface area contributed by atoms with Crippen LogP contribution in [-0.2, 0) is 10.0 Å². The summed E-state index contributed by atoms with van der Waals surface area (Å²) in [6.07, 6.45) is 0.584. The van der Waals surface area contributed by atoms with Crippen molar-refractivity contribution in [2.24, 2.45) is 0 Å². The van der Waals surface area contributed by atoms with Crippen molar-refractivity contribution >= 4 is 38.9 Å². The number of benzene rings is 2. The van der Waals surface area contributed by atoms with Crippen molar-refractivity contribution in [3.63, 3.8) is 0 Å². The zero-order valence-electron chi connectivity index (χ0n) is 13.5. The third kappa shape index (κ3) is 3.72. The normalized spacial score (nSPS) is 15.8. The van der Waals surface area contributed by atoms with Crippen LogP contribution in [0.5, 0.6) is 5.75 Å². The van der Waals surface area contributed by atoms with Crippen LogP contribution >= 0.6 is 11.6 Å². The van der Waals surface area contributed by atoms with Crippen LogP contribution in [0.3, 0.4) is 0 Å². The van der Waals surface area contributed by atoms with Gasteiger partial charge in [-0.3, -0.25) is 9.10 Å². The molecule has 0 radical (unpaired) electrons. The van der Waals surface area contributed by atoms with E-state index >= 15 is 0 Å². The van der Waals surface area contributed by atoms with Gasteiger partial charge < -0.3 is 10.1 Å². The standard InChI is InChI=1S/C17H17ClN2O4S/c1-24-16-8-7-14(20-9-2-10-25(20,22)23)11-15(16)19-17(21)12-3-5-13(18)6-4-12/h3-8,11H,2,9-10H2,1H3,(H,19,21). The van der Waals surface area contributed by atoms with Gasteiger partial charge in [0.2, 0.25) is 10.0 Å². The summed E-state index contributed by atoms with van der Waals surface area (Å²) in [5.74, 6) is 0.241. The first-order chi connectivity index (χ1) is 11.9. The highest BCUT2D eigenvalue weighted by atomic mass is 35.5. The van der Waals surface area contributed by atoms with E-state index in [2.05, 4.69) is 5.32 Å². The third-order valence-electron chi connectivity index (χ3n) is 3.92. The molecule has 0 bridgehead atoms. The molecule has 8 heteroatoms. The second kappa shape index (κ2) is 6.93. The Bertz CT molecular complexity index is 897. The average Bonchev–Trinajstić information content (AvgIpc) is 2.94. The zero-order chi connectivity index (χ0) is 18.0. The summed E-state index contributed by atoms with van der Waals surface area (Å²) in [7, 11) is -1.81. The lowest BCUT2D eigenvalue weighted by Gasteiger charge is -2.19. The minimum absolute atomic E-state index is 0.130. The molecule has 1 aliphatic rings. The van der Waals surface area contributed by atoms with E-state index in [9.17, 15) is 13.2 Å². The smallest absolute Gasteiger partial charge is 0.255 e. The van der Waals surface area contributed by atoms with Crippen molar-refractivity contribution < 1.29 is 17.9 Å². The number of hydrogen-bond acceptors (Lipinski definition) is 4. The molecule has 0 aliphatic carbocycles. The van der Waals surface area contributed by atoms with Gasteiger partial charge in [-0.1, -0.05) is 11.6 Å². The van der Waals surface area contributed by atoms with E-state index in [0.29, 0.717) is 40.7 Å². The molecule has 0 unspecified atom stereocenters. The fourth-order valence-corrected chi connectivity index (χ4v) is 4.36. The van der Waals surface area contributed by atoms with Crippen molar-refractivity contribution in [3.05, 3.63) is 53.1 Å². The molecular formula is C17H17ClN2O4S. The SMILES string of the molecule is COc1ccc(N2CCCS2(=O)=O)cc1NC(=O)c1ccc(Cl)cc1. The number of sulfonamides is 1. The van der Waals surface area contributed by atoms with Crippen molar-refractivity contribution in [2.75, 3.05) is 29.0 Å². The molecule has 2 aromatic carbocycles. The number of nitrogens with zero attached hydrogens (tertiary/aromatic N) is 1. The second-order valence-electron chi connectivity index (χ2n) is 5.59.